The van der Waals surface area contributed by atoms with Gasteiger partial charge in [-0.05, 0) is 13.0 Å². The summed E-state index contributed by atoms with van der Waals surface area (Å²) < 4.78 is 28.9. The highest BCUT2D eigenvalue weighted by atomic mass is 32.2. The van der Waals surface area contributed by atoms with E-state index in [1.165, 1.54) is 0 Å². The van der Waals surface area contributed by atoms with Crippen molar-refractivity contribution in [3.05, 3.63) is 0 Å². The molecule has 0 spiro atoms. The molecule has 9 nitrogen and oxygen atoms in total. The Bertz CT molecular complexity index is 410. The zero-order chi connectivity index (χ0) is 15.2. The largest absolute Gasteiger partial charge is 0.480 e. The second-order valence-electron chi connectivity index (χ2n) is 4.66. The van der Waals surface area contributed by atoms with Crippen LogP contribution in [-0.2, 0) is 19.7 Å². The van der Waals surface area contributed by atoms with E-state index in [1.807, 2.05) is 0 Å². The molecular formula is C10H22N4O5S. The predicted octanol–water partition coefficient (Wildman–Crippen LogP) is -2.37. The third kappa shape index (κ3) is 6.11. The first kappa shape index (κ1) is 17.3. The second kappa shape index (κ2) is 7.86. The maximum atomic E-state index is 11.4. The topological polar surface area (TPSA) is 139 Å². The first-order chi connectivity index (χ1) is 9.30. The molecule has 1 aliphatic rings. The number of aliphatic carboxylic acids is 1. The van der Waals surface area contributed by atoms with Gasteiger partial charge in [-0.1, -0.05) is 0 Å². The lowest BCUT2D eigenvalue weighted by atomic mass is 10.3. The standard InChI is InChI=1S/C10H22N4O5S/c11-9(10(15)16)8-14(20(12,17)18)3-1-2-13-4-6-19-7-5-13/h9H,1-8,11H2,(H,15,16)(H2,12,17,18)/t9-/m0/s1. The van der Waals surface area contributed by atoms with Crippen molar-refractivity contribution >= 4 is 16.2 Å². The fraction of sp³-hybridized carbons (Fsp3) is 0.900. The molecule has 0 radical (unpaired) electrons. The highest BCUT2D eigenvalue weighted by Gasteiger charge is 2.23. The van der Waals surface area contributed by atoms with Gasteiger partial charge in [-0.2, -0.15) is 12.7 Å². The lowest BCUT2D eigenvalue weighted by Crippen LogP contribution is -2.48. The van der Waals surface area contributed by atoms with E-state index in [0.29, 0.717) is 26.2 Å². The van der Waals surface area contributed by atoms with Crippen molar-refractivity contribution in [3.8, 4) is 0 Å². The fourth-order valence-corrected chi connectivity index (χ4v) is 2.67. The van der Waals surface area contributed by atoms with E-state index >= 15 is 0 Å². The predicted molar refractivity (Wildman–Crippen MR) is 72.2 cm³/mol. The summed E-state index contributed by atoms with van der Waals surface area (Å²) in [5.41, 5.74) is 5.34. The molecule has 0 saturated carbocycles. The molecule has 1 aliphatic heterocycles. The molecule has 1 atom stereocenters. The van der Waals surface area contributed by atoms with Crippen molar-refractivity contribution < 1.29 is 23.1 Å². The summed E-state index contributed by atoms with van der Waals surface area (Å²) in [7, 11) is -3.95. The van der Waals surface area contributed by atoms with E-state index in [2.05, 4.69) is 4.90 Å². The molecule has 0 aromatic rings. The number of rotatable bonds is 8. The van der Waals surface area contributed by atoms with E-state index in [0.717, 1.165) is 17.4 Å². The van der Waals surface area contributed by atoms with Crippen molar-refractivity contribution in [3.63, 3.8) is 0 Å². The van der Waals surface area contributed by atoms with Gasteiger partial charge in [-0.25, -0.2) is 5.14 Å². The molecular weight excluding hydrogens is 288 g/mol. The van der Waals surface area contributed by atoms with Crippen LogP contribution < -0.4 is 10.9 Å². The minimum Gasteiger partial charge on any atom is -0.480 e. The van der Waals surface area contributed by atoms with Gasteiger partial charge in [0.25, 0.3) is 10.2 Å². The molecule has 0 aromatic carbocycles. The Balaban J connectivity index is 2.42. The van der Waals surface area contributed by atoms with Crippen molar-refractivity contribution in [1.29, 1.82) is 0 Å². The Morgan fingerprint density at radius 2 is 2.00 bits per heavy atom. The van der Waals surface area contributed by atoms with Crippen molar-refractivity contribution in [2.24, 2.45) is 10.9 Å². The van der Waals surface area contributed by atoms with Crippen LogP contribution in [-0.4, -0.2) is 80.7 Å². The molecule has 1 heterocycles. The van der Waals surface area contributed by atoms with Crippen LogP contribution in [0.3, 0.4) is 0 Å². The molecule has 0 aromatic heterocycles. The van der Waals surface area contributed by atoms with Crippen LogP contribution in [0.15, 0.2) is 0 Å². The summed E-state index contributed by atoms with van der Waals surface area (Å²) in [6.45, 7) is 3.49. The normalized spacial score (nSPS) is 19.1. The number of ether oxygens (including phenoxy) is 1. The molecule has 1 rings (SSSR count). The van der Waals surface area contributed by atoms with Gasteiger partial charge in [0.1, 0.15) is 6.04 Å². The first-order valence-electron chi connectivity index (χ1n) is 6.37. The molecule has 0 amide bonds. The molecule has 20 heavy (non-hydrogen) atoms. The molecule has 1 fully saturated rings. The molecule has 118 valence electrons. The van der Waals surface area contributed by atoms with E-state index in [1.54, 1.807) is 0 Å². The quantitative estimate of drug-likeness (QED) is 0.455. The van der Waals surface area contributed by atoms with Crippen molar-refractivity contribution in [2.45, 2.75) is 12.5 Å². The van der Waals surface area contributed by atoms with Crippen LogP contribution in [0.5, 0.6) is 0 Å². The van der Waals surface area contributed by atoms with Gasteiger partial charge >= 0.3 is 5.97 Å². The zero-order valence-electron chi connectivity index (χ0n) is 11.3. The Kier molecular flexibility index (Phi) is 6.79. The Morgan fingerprint density at radius 1 is 1.40 bits per heavy atom. The SMILES string of the molecule is N[C@@H](CN(CCCN1CCOCC1)S(N)(=O)=O)C(=O)O. The minimum absolute atomic E-state index is 0.150. The average molecular weight is 310 g/mol. The van der Waals surface area contributed by atoms with Gasteiger partial charge < -0.3 is 15.6 Å². The summed E-state index contributed by atoms with van der Waals surface area (Å²) in [5, 5.41) is 13.8. The summed E-state index contributed by atoms with van der Waals surface area (Å²) in [5.74, 6) is -1.26. The molecule has 0 aliphatic carbocycles. The van der Waals surface area contributed by atoms with Crippen LogP contribution in [0.2, 0.25) is 0 Å². The summed E-state index contributed by atoms with van der Waals surface area (Å²) >= 11 is 0. The minimum atomic E-state index is -3.95. The number of hydrogen-bond acceptors (Lipinski definition) is 6. The Morgan fingerprint density at radius 3 is 2.50 bits per heavy atom. The van der Waals surface area contributed by atoms with Crippen LogP contribution >= 0.6 is 0 Å². The van der Waals surface area contributed by atoms with Crippen LogP contribution in [0.4, 0.5) is 0 Å². The maximum Gasteiger partial charge on any atom is 0.321 e. The number of hydrogen-bond donors (Lipinski definition) is 3. The molecule has 0 bridgehead atoms. The number of nitrogens with two attached hydrogens (primary N) is 2. The number of morpholine rings is 1. The number of carbonyl (C=O) groups is 1. The number of nitrogens with zero attached hydrogens (tertiary/aromatic N) is 2. The molecule has 5 N–H and O–H groups in total. The second-order valence-corrected chi connectivity index (χ2v) is 6.20. The molecule has 1 saturated heterocycles. The van der Waals surface area contributed by atoms with Crippen molar-refractivity contribution in [2.75, 3.05) is 45.9 Å². The third-order valence-corrected chi connectivity index (χ3v) is 4.11. The Labute approximate surface area is 118 Å². The average Bonchev–Trinajstić information content (AvgIpc) is 2.37. The molecule has 10 heteroatoms. The van der Waals surface area contributed by atoms with Gasteiger partial charge in [0, 0.05) is 26.2 Å². The van der Waals surface area contributed by atoms with Gasteiger partial charge in [0.05, 0.1) is 13.2 Å². The van der Waals surface area contributed by atoms with Gasteiger partial charge in [0.15, 0.2) is 0 Å². The van der Waals surface area contributed by atoms with Gasteiger partial charge in [0.2, 0.25) is 0 Å². The molecule has 0 unspecified atom stereocenters. The van der Waals surface area contributed by atoms with E-state index < -0.39 is 22.2 Å². The highest BCUT2D eigenvalue weighted by Crippen LogP contribution is 2.02. The van der Waals surface area contributed by atoms with E-state index in [4.69, 9.17) is 20.7 Å². The summed E-state index contributed by atoms with van der Waals surface area (Å²) in [4.78, 5) is 12.8. The number of carboxylic acid groups (broad SMARTS) is 1. The number of carboxylic acids is 1. The first-order valence-corrected chi connectivity index (χ1v) is 7.87. The van der Waals surface area contributed by atoms with E-state index in [9.17, 15) is 13.2 Å². The third-order valence-electron chi connectivity index (χ3n) is 3.06. The van der Waals surface area contributed by atoms with Crippen LogP contribution in [0, 0.1) is 0 Å². The van der Waals surface area contributed by atoms with Crippen LogP contribution in [0.25, 0.3) is 0 Å². The highest BCUT2D eigenvalue weighted by molar-refractivity contribution is 7.86. The Hall–Kier alpha value is -0.780. The zero-order valence-corrected chi connectivity index (χ0v) is 12.1. The fourth-order valence-electron chi connectivity index (χ4n) is 1.92. The van der Waals surface area contributed by atoms with Gasteiger partial charge in [-0.3, -0.25) is 9.69 Å². The maximum absolute atomic E-state index is 11.4. The van der Waals surface area contributed by atoms with Gasteiger partial charge in [-0.15, -0.1) is 0 Å². The van der Waals surface area contributed by atoms with E-state index in [-0.39, 0.29) is 13.1 Å². The lowest BCUT2D eigenvalue weighted by Gasteiger charge is -2.27. The van der Waals surface area contributed by atoms with Crippen LogP contribution in [0.1, 0.15) is 6.42 Å². The van der Waals surface area contributed by atoms with Crippen molar-refractivity contribution in [1.82, 2.24) is 9.21 Å². The summed E-state index contributed by atoms with van der Waals surface area (Å²) in [6.07, 6.45) is 0.558. The lowest BCUT2D eigenvalue weighted by molar-refractivity contribution is -0.138. The summed E-state index contributed by atoms with van der Waals surface area (Å²) in [6, 6.07) is -1.28. The monoisotopic (exact) mass is 310 g/mol. The smallest absolute Gasteiger partial charge is 0.321 e.